The number of hydrogen-bond acceptors (Lipinski definition) is 4. The van der Waals surface area contributed by atoms with Crippen LogP contribution in [0.5, 0.6) is 0 Å². The zero-order valence-electron chi connectivity index (χ0n) is 10.6. The third kappa shape index (κ3) is 2.47. The number of carbonyl (C=O) groups excluding carboxylic acids is 1. The van der Waals surface area contributed by atoms with Gasteiger partial charge < -0.3 is 10.2 Å². The van der Waals surface area contributed by atoms with E-state index >= 15 is 0 Å². The van der Waals surface area contributed by atoms with Gasteiger partial charge in [-0.1, -0.05) is 36.4 Å². The Morgan fingerprint density at radius 2 is 1.80 bits per heavy atom. The van der Waals surface area contributed by atoms with Crippen molar-refractivity contribution in [2.75, 3.05) is 6.61 Å². The first kappa shape index (κ1) is 14.0. The number of aliphatic hydroxyl groups is 1. The molecule has 1 amide bonds. The maximum atomic E-state index is 12.3. The zero-order valence-corrected chi connectivity index (χ0v) is 10.6. The minimum Gasteiger partial charge on any atom is -0.480 e. The van der Waals surface area contributed by atoms with Crippen LogP contribution >= 0.6 is 0 Å². The van der Waals surface area contributed by atoms with E-state index in [4.69, 9.17) is 16.1 Å². The fourth-order valence-corrected chi connectivity index (χ4v) is 1.98. The van der Waals surface area contributed by atoms with Gasteiger partial charge >= 0.3 is 5.97 Å². The van der Waals surface area contributed by atoms with Crippen molar-refractivity contribution < 1.29 is 19.8 Å². The van der Waals surface area contributed by atoms with Crippen molar-refractivity contribution >= 4 is 22.6 Å². The molecule has 0 spiro atoms. The molecule has 104 valence electrons. The molecule has 0 aliphatic rings. The minimum atomic E-state index is -1.47. The summed E-state index contributed by atoms with van der Waals surface area (Å²) in [6, 6.07) is 10.8. The molecule has 0 fully saturated rings. The van der Waals surface area contributed by atoms with Crippen LogP contribution in [0.2, 0.25) is 0 Å². The first-order chi connectivity index (χ1) is 9.56. The van der Waals surface area contributed by atoms with Crippen molar-refractivity contribution in [2.45, 2.75) is 6.04 Å². The summed E-state index contributed by atoms with van der Waals surface area (Å²) in [6.45, 7) is -0.748. The van der Waals surface area contributed by atoms with Gasteiger partial charge in [-0.2, -0.15) is 0 Å². The van der Waals surface area contributed by atoms with Crippen molar-refractivity contribution in [3.05, 3.63) is 48.0 Å². The van der Waals surface area contributed by atoms with E-state index in [9.17, 15) is 9.59 Å². The highest BCUT2D eigenvalue weighted by Gasteiger charge is 2.28. The number of nitrogens with zero attached hydrogens (tertiary/aromatic N) is 1. The van der Waals surface area contributed by atoms with Gasteiger partial charge in [-0.05, 0) is 16.8 Å². The van der Waals surface area contributed by atoms with Crippen LogP contribution in [0.25, 0.3) is 10.8 Å². The molecule has 0 heterocycles. The molecule has 0 saturated heterocycles. The molecule has 1 unspecified atom stereocenters. The molecule has 1 atom stereocenters. The van der Waals surface area contributed by atoms with Crippen molar-refractivity contribution in [2.24, 2.45) is 5.84 Å². The Balaban J connectivity index is 2.43. The molecular weight excluding hydrogens is 260 g/mol. The van der Waals surface area contributed by atoms with Gasteiger partial charge in [0.15, 0.2) is 6.04 Å². The van der Waals surface area contributed by atoms with Crippen LogP contribution in [0.15, 0.2) is 42.5 Å². The van der Waals surface area contributed by atoms with Crippen LogP contribution in [0.3, 0.4) is 0 Å². The van der Waals surface area contributed by atoms with Gasteiger partial charge in [0.05, 0.1) is 6.61 Å². The number of aliphatic carboxylic acids is 1. The molecule has 2 rings (SSSR count). The average molecular weight is 274 g/mol. The Labute approximate surface area is 115 Å². The normalized spacial score (nSPS) is 12.1. The van der Waals surface area contributed by atoms with Gasteiger partial charge in [0.2, 0.25) is 0 Å². The molecule has 0 aromatic heterocycles. The molecule has 20 heavy (non-hydrogen) atoms. The Kier molecular flexibility index (Phi) is 3.97. The van der Waals surface area contributed by atoms with Crippen molar-refractivity contribution in [1.29, 1.82) is 0 Å². The summed E-state index contributed by atoms with van der Waals surface area (Å²) >= 11 is 0. The zero-order chi connectivity index (χ0) is 14.7. The fraction of sp³-hybridized carbons (Fsp3) is 0.143. The van der Waals surface area contributed by atoms with Crippen LogP contribution in [-0.4, -0.2) is 39.7 Å². The van der Waals surface area contributed by atoms with Crippen LogP contribution in [-0.2, 0) is 4.79 Å². The van der Waals surface area contributed by atoms with E-state index < -0.39 is 24.5 Å². The smallest absolute Gasteiger partial charge is 0.330 e. The number of fused-ring (bicyclic) bond motifs is 1. The third-order valence-electron chi connectivity index (χ3n) is 3.05. The lowest BCUT2D eigenvalue weighted by atomic mass is 10.0. The summed E-state index contributed by atoms with van der Waals surface area (Å²) in [5, 5.41) is 20.0. The van der Waals surface area contributed by atoms with E-state index in [1.165, 1.54) is 0 Å². The van der Waals surface area contributed by atoms with Crippen molar-refractivity contribution in [3.63, 3.8) is 0 Å². The Hall–Kier alpha value is -2.44. The number of rotatable bonds is 4. The molecule has 0 aliphatic carbocycles. The lowest BCUT2D eigenvalue weighted by Crippen LogP contribution is -2.51. The highest BCUT2D eigenvalue weighted by Crippen LogP contribution is 2.19. The first-order valence-electron chi connectivity index (χ1n) is 5.96. The molecule has 2 aromatic rings. The molecule has 2 aromatic carbocycles. The summed E-state index contributed by atoms with van der Waals surface area (Å²) in [4.78, 5) is 23.2. The van der Waals surface area contributed by atoms with Crippen molar-refractivity contribution in [1.82, 2.24) is 5.01 Å². The number of aliphatic hydroxyl groups excluding tert-OH is 1. The second-order valence-corrected chi connectivity index (χ2v) is 4.28. The first-order valence-corrected chi connectivity index (χ1v) is 5.96. The van der Waals surface area contributed by atoms with E-state index in [0.29, 0.717) is 16.0 Å². The number of carbonyl (C=O) groups is 2. The van der Waals surface area contributed by atoms with E-state index in [2.05, 4.69) is 0 Å². The second kappa shape index (κ2) is 5.68. The maximum Gasteiger partial charge on any atom is 0.330 e. The van der Waals surface area contributed by atoms with Crippen LogP contribution in [0.1, 0.15) is 10.4 Å². The number of nitrogens with two attached hydrogens (primary N) is 1. The van der Waals surface area contributed by atoms with Gasteiger partial charge in [0.25, 0.3) is 5.91 Å². The van der Waals surface area contributed by atoms with Crippen LogP contribution in [0, 0.1) is 0 Å². The summed E-state index contributed by atoms with van der Waals surface area (Å²) in [7, 11) is 0. The largest absolute Gasteiger partial charge is 0.480 e. The quantitative estimate of drug-likeness (QED) is 0.430. The minimum absolute atomic E-state index is 0.297. The predicted molar refractivity (Wildman–Crippen MR) is 72.8 cm³/mol. The molecule has 0 saturated carbocycles. The van der Waals surface area contributed by atoms with Gasteiger partial charge in [-0.15, -0.1) is 0 Å². The third-order valence-corrected chi connectivity index (χ3v) is 3.05. The maximum absolute atomic E-state index is 12.3. The fourth-order valence-electron chi connectivity index (χ4n) is 1.98. The standard InChI is InChI=1S/C14H14N2O4/c15-16(12(8-17)14(19)20)13(18)11-7-3-5-9-4-1-2-6-10(9)11/h1-7,12,17H,8,15H2,(H,19,20). The van der Waals surface area contributed by atoms with E-state index in [1.807, 2.05) is 18.2 Å². The lowest BCUT2D eigenvalue weighted by molar-refractivity contribution is -0.143. The van der Waals surface area contributed by atoms with Crippen LogP contribution < -0.4 is 5.84 Å². The summed E-state index contributed by atoms with van der Waals surface area (Å²) < 4.78 is 0. The van der Waals surface area contributed by atoms with E-state index in [0.717, 1.165) is 5.39 Å². The number of carboxylic acid groups (broad SMARTS) is 1. The topological polar surface area (TPSA) is 104 Å². The van der Waals surface area contributed by atoms with Gasteiger partial charge in [0.1, 0.15) is 0 Å². The summed E-state index contributed by atoms with van der Waals surface area (Å²) in [6.07, 6.45) is 0. The molecule has 0 radical (unpaired) electrons. The lowest BCUT2D eigenvalue weighted by Gasteiger charge is -2.23. The molecule has 6 nitrogen and oxygen atoms in total. The van der Waals surface area contributed by atoms with Crippen molar-refractivity contribution in [3.8, 4) is 0 Å². The SMILES string of the molecule is NN(C(=O)c1cccc2ccccc12)C(CO)C(=O)O. The summed E-state index contributed by atoms with van der Waals surface area (Å²) in [5.41, 5.74) is 0.297. The number of hydrazine groups is 1. The van der Waals surface area contributed by atoms with Gasteiger partial charge in [-0.3, -0.25) is 9.80 Å². The molecule has 0 bridgehead atoms. The molecule has 6 heteroatoms. The molecule has 0 aliphatic heterocycles. The molecule has 4 N–H and O–H groups in total. The Bertz CT molecular complexity index is 651. The van der Waals surface area contributed by atoms with Gasteiger partial charge in [0, 0.05) is 5.56 Å². The number of hydrogen-bond donors (Lipinski definition) is 3. The second-order valence-electron chi connectivity index (χ2n) is 4.28. The number of benzene rings is 2. The van der Waals surface area contributed by atoms with E-state index in [1.54, 1.807) is 24.3 Å². The number of amides is 1. The number of carboxylic acids is 1. The Morgan fingerprint density at radius 3 is 2.45 bits per heavy atom. The van der Waals surface area contributed by atoms with Gasteiger partial charge in [-0.25, -0.2) is 10.6 Å². The van der Waals surface area contributed by atoms with E-state index in [-0.39, 0.29) is 0 Å². The average Bonchev–Trinajstić information content (AvgIpc) is 2.46. The monoisotopic (exact) mass is 274 g/mol. The van der Waals surface area contributed by atoms with Crippen LogP contribution in [0.4, 0.5) is 0 Å². The molecular formula is C14H14N2O4. The highest BCUT2D eigenvalue weighted by molar-refractivity contribution is 6.07. The summed E-state index contributed by atoms with van der Waals surface area (Å²) in [5.74, 6) is 3.53. The Morgan fingerprint density at radius 1 is 1.15 bits per heavy atom. The predicted octanol–water partition coefficient (Wildman–Crippen LogP) is 0.601. The highest BCUT2D eigenvalue weighted by atomic mass is 16.4.